The van der Waals surface area contributed by atoms with Gasteiger partial charge in [0.1, 0.15) is 41.2 Å². The van der Waals surface area contributed by atoms with Crippen molar-refractivity contribution in [1.29, 1.82) is 0 Å². The third-order valence-electron chi connectivity index (χ3n) is 12.3. The number of aromatic nitrogens is 5. The third kappa shape index (κ3) is 10.0. The maximum absolute atomic E-state index is 13.3. The molecule has 354 valence electrons. The molecule has 3 fully saturated rings. The minimum absolute atomic E-state index is 0.00709. The van der Waals surface area contributed by atoms with Gasteiger partial charge in [0.2, 0.25) is 21.8 Å². The van der Waals surface area contributed by atoms with Gasteiger partial charge in [0, 0.05) is 62.7 Å². The van der Waals surface area contributed by atoms with Crippen LogP contribution in [0.25, 0.3) is 22.1 Å². The van der Waals surface area contributed by atoms with Crippen molar-refractivity contribution in [3.63, 3.8) is 0 Å². The molecule has 7 heterocycles. The number of rotatable bonds is 20. The van der Waals surface area contributed by atoms with E-state index in [1.165, 1.54) is 10.4 Å². The monoisotopic (exact) mass is 941 g/mol. The zero-order valence-electron chi connectivity index (χ0n) is 37.1. The lowest BCUT2D eigenvalue weighted by atomic mass is 10.0. The summed E-state index contributed by atoms with van der Waals surface area (Å²) in [5.41, 5.74) is 2.44. The Morgan fingerprint density at radius 1 is 0.896 bits per heavy atom. The summed E-state index contributed by atoms with van der Waals surface area (Å²) in [7, 11) is -1.88. The molecule has 0 spiro atoms. The summed E-state index contributed by atoms with van der Waals surface area (Å²) in [5, 5.41) is 10.8. The van der Waals surface area contributed by atoms with E-state index in [1.54, 1.807) is 59.3 Å². The second-order valence-electron chi connectivity index (χ2n) is 17.1. The number of carbonyl (C=O) groups excluding carboxylic acids is 4. The molecule has 4 amide bonds. The fourth-order valence-electron chi connectivity index (χ4n) is 8.47. The maximum atomic E-state index is 13.3. The number of nitrogens with one attached hydrogen (secondary N) is 1. The highest BCUT2D eigenvalue weighted by molar-refractivity contribution is 7.89. The van der Waals surface area contributed by atoms with Crippen molar-refractivity contribution in [2.75, 3.05) is 58.4 Å². The van der Waals surface area contributed by atoms with Crippen molar-refractivity contribution in [3.05, 3.63) is 88.1 Å². The summed E-state index contributed by atoms with van der Waals surface area (Å²) in [4.78, 5) is 71.0. The molecule has 0 radical (unpaired) electrons. The van der Waals surface area contributed by atoms with Gasteiger partial charge >= 0.3 is 0 Å². The van der Waals surface area contributed by atoms with Crippen LogP contribution in [-0.4, -0.2) is 141 Å². The molecule has 1 aliphatic carbocycles. The van der Waals surface area contributed by atoms with Crippen molar-refractivity contribution in [1.82, 2.24) is 44.0 Å². The van der Waals surface area contributed by atoms with Crippen LogP contribution in [-0.2, 0) is 55.8 Å². The van der Waals surface area contributed by atoms with Crippen LogP contribution in [0.15, 0.2) is 64.3 Å². The molecule has 0 bridgehead atoms. The predicted molar refractivity (Wildman–Crippen MR) is 237 cm³/mol. The Hall–Kier alpha value is -6.33. The maximum Gasteiger partial charge on any atom is 0.266 e. The molecule has 1 N–H and O–H groups in total. The Kier molecular flexibility index (Phi) is 13.3. The third-order valence-corrected chi connectivity index (χ3v) is 14.1. The summed E-state index contributed by atoms with van der Waals surface area (Å²) >= 11 is 0. The van der Waals surface area contributed by atoms with E-state index in [0.29, 0.717) is 73.4 Å². The highest BCUT2D eigenvalue weighted by atomic mass is 32.2. The van der Waals surface area contributed by atoms with Gasteiger partial charge in [-0.2, -0.15) is 4.31 Å². The van der Waals surface area contributed by atoms with Gasteiger partial charge in [-0.25, -0.2) is 13.1 Å². The quantitative estimate of drug-likeness (QED) is 0.0869. The molecule has 1 saturated carbocycles. The van der Waals surface area contributed by atoms with Crippen LogP contribution < -0.4 is 20.3 Å². The van der Waals surface area contributed by atoms with E-state index in [9.17, 15) is 32.4 Å². The number of fused-ring (bicyclic) bond motifs is 2. The van der Waals surface area contributed by atoms with Crippen LogP contribution in [0.4, 0.5) is 0 Å². The number of amides is 4. The van der Waals surface area contributed by atoms with Crippen molar-refractivity contribution < 1.29 is 51.0 Å². The minimum atomic E-state index is -3.59. The average Bonchev–Trinajstić information content (AvgIpc) is 3.77. The van der Waals surface area contributed by atoms with Crippen LogP contribution in [0.5, 0.6) is 11.5 Å². The molecule has 21 nitrogen and oxygen atoms in total. The average molecular weight is 942 g/mol. The largest absolute Gasteiger partial charge is 0.491 e. The Bertz CT molecular complexity index is 2870. The Balaban J connectivity index is 0.687. The van der Waals surface area contributed by atoms with Crippen molar-refractivity contribution in [3.8, 4) is 22.6 Å². The molecule has 4 aliphatic rings. The van der Waals surface area contributed by atoms with Gasteiger partial charge in [0.15, 0.2) is 0 Å². The number of piperidine rings is 1. The zero-order valence-corrected chi connectivity index (χ0v) is 37.9. The number of benzene rings is 1. The highest BCUT2D eigenvalue weighted by Crippen LogP contribution is 2.37. The number of carbonyl (C=O) groups is 4. The SMILES string of the molecule is CC1CN(S(=O)(=O)CCOCCOCCn2cc(COc3cccc4c3C(=O)N(C3CCC(=O)NC3=O)C4=O)nn2)CCN1Cc1cc2c(=O)n(C)cc(-c3ccncc3OCC3CC3)c2o1. The number of sulfonamides is 1. The van der Waals surface area contributed by atoms with E-state index in [4.69, 9.17) is 23.4 Å². The molecule has 1 aromatic carbocycles. The number of hydrogen-bond acceptors (Lipinski definition) is 16. The van der Waals surface area contributed by atoms with Gasteiger partial charge in [-0.05, 0) is 56.4 Å². The van der Waals surface area contributed by atoms with Crippen LogP contribution in [0.1, 0.15) is 64.8 Å². The fourth-order valence-corrected chi connectivity index (χ4v) is 9.86. The van der Waals surface area contributed by atoms with Crippen molar-refractivity contribution in [2.24, 2.45) is 13.0 Å². The lowest BCUT2D eigenvalue weighted by molar-refractivity contribution is -0.136. The first-order valence-corrected chi connectivity index (χ1v) is 23.9. The molecule has 4 aromatic heterocycles. The highest BCUT2D eigenvalue weighted by Gasteiger charge is 2.46. The zero-order chi connectivity index (χ0) is 46.8. The van der Waals surface area contributed by atoms with E-state index in [0.717, 1.165) is 28.9 Å². The number of furan rings is 1. The van der Waals surface area contributed by atoms with Crippen LogP contribution in [0.3, 0.4) is 0 Å². The second kappa shape index (κ2) is 19.5. The van der Waals surface area contributed by atoms with E-state index in [2.05, 4.69) is 25.5 Å². The Morgan fingerprint density at radius 2 is 1.72 bits per heavy atom. The van der Waals surface area contributed by atoms with Gasteiger partial charge in [0.05, 0.1) is 80.8 Å². The molecule has 2 atom stereocenters. The number of piperazine rings is 1. The topological polar surface area (TPSA) is 240 Å². The standard InChI is InChI=1S/C45H51N9O12S/c1-28-22-53(13-12-51(28)24-31-20-34-41(66-31)35(25-50(2)43(34)57)32-10-11-46-21-38(32)64-26-29-6-7-29)67(60,61)19-18-63-17-16-62-15-14-52-23-30(48-49-52)27-65-37-5-3-4-33-40(37)45(59)54(44(33)58)36-8-9-39(55)47-42(36)56/h3-5,10-11,20-21,23,25,28-29,36H,6-9,12-19,22,24,26-27H2,1-2H3,(H,47,55,56). The van der Waals surface area contributed by atoms with Crippen LogP contribution in [0, 0.1) is 5.92 Å². The molecule has 22 heteroatoms. The summed E-state index contributed by atoms with van der Waals surface area (Å²) in [6.07, 6.45) is 9.17. The van der Waals surface area contributed by atoms with Crippen molar-refractivity contribution in [2.45, 2.75) is 64.4 Å². The van der Waals surface area contributed by atoms with Gasteiger partial charge in [-0.1, -0.05) is 11.3 Å². The summed E-state index contributed by atoms with van der Waals surface area (Å²) < 4.78 is 60.9. The Morgan fingerprint density at radius 3 is 2.51 bits per heavy atom. The molecule has 67 heavy (non-hydrogen) atoms. The number of pyridine rings is 2. The van der Waals surface area contributed by atoms with Gasteiger partial charge in [0.25, 0.3) is 17.4 Å². The first-order valence-electron chi connectivity index (χ1n) is 22.3. The van der Waals surface area contributed by atoms with E-state index in [1.807, 2.05) is 13.0 Å². The van der Waals surface area contributed by atoms with Crippen LogP contribution >= 0.6 is 0 Å². The van der Waals surface area contributed by atoms with Crippen LogP contribution in [0.2, 0.25) is 0 Å². The van der Waals surface area contributed by atoms with E-state index in [-0.39, 0.29) is 80.1 Å². The van der Waals surface area contributed by atoms with Gasteiger partial charge < -0.3 is 27.9 Å². The van der Waals surface area contributed by atoms with Crippen molar-refractivity contribution >= 4 is 44.6 Å². The second-order valence-corrected chi connectivity index (χ2v) is 19.2. The molecular formula is C45H51N9O12S. The number of hydrogen-bond donors (Lipinski definition) is 1. The number of ether oxygens (including phenoxy) is 4. The fraction of sp³-hybridized carbons (Fsp3) is 0.467. The molecular weight excluding hydrogens is 891 g/mol. The summed E-state index contributed by atoms with van der Waals surface area (Å²) in [5.74, 6) is -0.663. The number of imide groups is 2. The lowest BCUT2D eigenvalue weighted by Gasteiger charge is -2.38. The van der Waals surface area contributed by atoms with Gasteiger partial charge in [-0.15, -0.1) is 5.10 Å². The molecule has 2 unspecified atom stereocenters. The molecule has 5 aromatic rings. The number of aryl methyl sites for hydroxylation is 1. The lowest BCUT2D eigenvalue weighted by Crippen LogP contribution is -2.54. The first kappa shape index (κ1) is 45.8. The first-order chi connectivity index (χ1) is 32.3. The minimum Gasteiger partial charge on any atom is -0.491 e. The van der Waals surface area contributed by atoms with E-state index >= 15 is 0 Å². The molecule has 9 rings (SSSR count). The van der Waals surface area contributed by atoms with E-state index < -0.39 is 39.7 Å². The number of nitrogens with zero attached hydrogens (tertiary/aromatic N) is 8. The summed E-state index contributed by atoms with van der Waals surface area (Å²) in [6.45, 7) is 5.09. The van der Waals surface area contributed by atoms with Gasteiger partial charge in [-0.3, -0.25) is 44.1 Å². The Labute approximate surface area is 384 Å². The molecule has 3 aliphatic heterocycles. The summed E-state index contributed by atoms with van der Waals surface area (Å²) in [6, 6.07) is 7.05. The molecule has 2 saturated heterocycles. The normalized spacial score (nSPS) is 19.3. The smallest absolute Gasteiger partial charge is 0.266 e. The predicted octanol–water partition coefficient (Wildman–Crippen LogP) is 2.12.